The fourth-order valence-corrected chi connectivity index (χ4v) is 3.23. The molecule has 1 saturated heterocycles. The Bertz CT molecular complexity index is 446. The molecule has 0 aromatic heterocycles. The van der Waals surface area contributed by atoms with Crippen molar-refractivity contribution in [2.24, 2.45) is 0 Å². The molecule has 1 aromatic carbocycles. The summed E-state index contributed by atoms with van der Waals surface area (Å²) in [5.41, 5.74) is 0.844. The highest BCUT2D eigenvalue weighted by Crippen LogP contribution is 2.31. The van der Waals surface area contributed by atoms with Crippen molar-refractivity contribution in [3.8, 4) is 0 Å². The molecule has 4 heteroatoms. The molecule has 1 aliphatic rings. The zero-order chi connectivity index (χ0) is 14.6. The van der Waals surface area contributed by atoms with E-state index in [1.54, 1.807) is 12.1 Å². The molecule has 1 fully saturated rings. The Labute approximate surface area is 129 Å². The topological polar surface area (TPSA) is 21.3 Å². The quantitative estimate of drug-likeness (QED) is 0.840. The van der Waals surface area contributed by atoms with Gasteiger partial charge >= 0.3 is 0 Å². The Morgan fingerprint density at radius 1 is 1.50 bits per heavy atom. The minimum atomic E-state index is -0.185. The van der Waals surface area contributed by atoms with Gasteiger partial charge in [-0.25, -0.2) is 4.39 Å². The van der Waals surface area contributed by atoms with Gasteiger partial charge in [-0.15, -0.1) is 0 Å². The van der Waals surface area contributed by atoms with Crippen LogP contribution in [0.25, 0.3) is 0 Å². The summed E-state index contributed by atoms with van der Waals surface area (Å²) in [4.78, 5) is 0. The van der Waals surface area contributed by atoms with E-state index in [1.165, 1.54) is 6.07 Å². The molecule has 0 spiro atoms. The molecular formula is C16H23BrFNO. The van der Waals surface area contributed by atoms with Gasteiger partial charge in [0.1, 0.15) is 5.82 Å². The van der Waals surface area contributed by atoms with Gasteiger partial charge in [-0.1, -0.05) is 22.9 Å². The average Bonchev–Trinajstić information content (AvgIpc) is 2.86. The van der Waals surface area contributed by atoms with Crippen molar-refractivity contribution >= 4 is 15.9 Å². The van der Waals surface area contributed by atoms with Crippen LogP contribution >= 0.6 is 15.9 Å². The molecule has 2 atom stereocenters. The van der Waals surface area contributed by atoms with Crippen LogP contribution in [-0.4, -0.2) is 24.8 Å². The Morgan fingerprint density at radius 3 is 2.95 bits per heavy atom. The third-order valence-corrected chi connectivity index (χ3v) is 4.83. The van der Waals surface area contributed by atoms with E-state index in [-0.39, 0.29) is 17.5 Å². The highest BCUT2D eigenvalue weighted by molar-refractivity contribution is 9.10. The average molecular weight is 344 g/mol. The van der Waals surface area contributed by atoms with Gasteiger partial charge in [0, 0.05) is 17.1 Å². The molecule has 1 heterocycles. The summed E-state index contributed by atoms with van der Waals surface area (Å²) in [7, 11) is 0. The van der Waals surface area contributed by atoms with Crippen LogP contribution in [0.5, 0.6) is 0 Å². The lowest BCUT2D eigenvalue weighted by atomic mass is 9.88. The molecule has 2 rings (SSSR count). The molecule has 2 unspecified atom stereocenters. The number of ether oxygens (including phenoxy) is 1. The molecule has 0 bridgehead atoms. The molecule has 0 aliphatic carbocycles. The zero-order valence-electron chi connectivity index (χ0n) is 12.2. The lowest BCUT2D eigenvalue weighted by molar-refractivity contribution is -0.0114. The molecule has 1 aliphatic heterocycles. The fraction of sp³-hybridized carbons (Fsp3) is 0.625. The second-order valence-corrected chi connectivity index (χ2v) is 6.57. The van der Waals surface area contributed by atoms with Crippen molar-refractivity contribution in [3.63, 3.8) is 0 Å². The Kier molecular flexibility index (Phi) is 5.58. The van der Waals surface area contributed by atoms with Crippen molar-refractivity contribution in [3.05, 3.63) is 34.1 Å². The third-order valence-electron chi connectivity index (χ3n) is 4.06. The first-order valence-corrected chi connectivity index (χ1v) is 8.16. The molecule has 0 saturated carbocycles. The summed E-state index contributed by atoms with van der Waals surface area (Å²) in [6.45, 7) is 6.10. The second-order valence-electron chi connectivity index (χ2n) is 5.71. The molecule has 20 heavy (non-hydrogen) atoms. The van der Waals surface area contributed by atoms with E-state index >= 15 is 0 Å². The van der Waals surface area contributed by atoms with Crippen molar-refractivity contribution in [2.45, 2.75) is 51.2 Å². The van der Waals surface area contributed by atoms with E-state index in [9.17, 15) is 4.39 Å². The molecule has 1 aromatic rings. The maximum Gasteiger partial charge on any atom is 0.123 e. The van der Waals surface area contributed by atoms with Crippen LogP contribution in [0.3, 0.4) is 0 Å². The zero-order valence-corrected chi connectivity index (χ0v) is 13.8. The Hall–Kier alpha value is -0.450. The summed E-state index contributed by atoms with van der Waals surface area (Å²) >= 11 is 3.52. The largest absolute Gasteiger partial charge is 0.374 e. The number of hydrogen-bond donors (Lipinski definition) is 1. The Morgan fingerprint density at radius 2 is 2.30 bits per heavy atom. The van der Waals surface area contributed by atoms with Gasteiger partial charge in [-0.3, -0.25) is 0 Å². The van der Waals surface area contributed by atoms with E-state index < -0.39 is 0 Å². The van der Waals surface area contributed by atoms with E-state index in [0.717, 1.165) is 48.9 Å². The highest BCUT2D eigenvalue weighted by Gasteiger charge is 2.38. The van der Waals surface area contributed by atoms with Gasteiger partial charge < -0.3 is 10.1 Å². The Balaban J connectivity index is 2.16. The summed E-state index contributed by atoms with van der Waals surface area (Å²) in [5, 5.41) is 3.58. The van der Waals surface area contributed by atoms with Crippen LogP contribution in [-0.2, 0) is 11.2 Å². The van der Waals surface area contributed by atoms with Gasteiger partial charge in [0.05, 0.1) is 5.60 Å². The van der Waals surface area contributed by atoms with Gasteiger partial charge in [-0.05, 0) is 62.9 Å². The van der Waals surface area contributed by atoms with Crippen molar-refractivity contribution in [2.75, 3.05) is 13.2 Å². The van der Waals surface area contributed by atoms with E-state index in [1.807, 2.05) is 0 Å². The van der Waals surface area contributed by atoms with Crippen LogP contribution in [0, 0.1) is 5.82 Å². The summed E-state index contributed by atoms with van der Waals surface area (Å²) in [5.74, 6) is -0.185. The first kappa shape index (κ1) is 15.9. The summed E-state index contributed by atoms with van der Waals surface area (Å²) < 4.78 is 20.4. The fourth-order valence-electron chi connectivity index (χ4n) is 2.82. The highest BCUT2D eigenvalue weighted by atomic mass is 79.9. The number of hydrogen-bond acceptors (Lipinski definition) is 2. The third kappa shape index (κ3) is 3.80. The molecule has 0 amide bonds. The number of benzene rings is 1. The molecule has 2 nitrogen and oxygen atoms in total. The van der Waals surface area contributed by atoms with Gasteiger partial charge in [-0.2, -0.15) is 0 Å². The minimum Gasteiger partial charge on any atom is -0.374 e. The van der Waals surface area contributed by atoms with E-state index in [0.29, 0.717) is 0 Å². The molecular weight excluding hydrogens is 321 g/mol. The minimum absolute atomic E-state index is 0.152. The lowest BCUT2D eigenvalue weighted by Gasteiger charge is -2.34. The smallest absolute Gasteiger partial charge is 0.123 e. The molecule has 0 radical (unpaired) electrons. The van der Waals surface area contributed by atoms with Gasteiger partial charge in [0.15, 0.2) is 0 Å². The van der Waals surface area contributed by atoms with Crippen LogP contribution in [0.15, 0.2) is 22.7 Å². The number of nitrogens with one attached hydrogen (secondary N) is 1. The number of halogens is 2. The molecule has 1 N–H and O–H groups in total. The summed E-state index contributed by atoms with van der Waals surface area (Å²) in [6, 6.07) is 5.08. The maximum atomic E-state index is 13.4. The van der Waals surface area contributed by atoms with Gasteiger partial charge in [0.25, 0.3) is 0 Å². The predicted octanol–water partition coefficient (Wildman–Crippen LogP) is 4.07. The van der Waals surface area contributed by atoms with Gasteiger partial charge in [0.2, 0.25) is 0 Å². The van der Waals surface area contributed by atoms with Crippen molar-refractivity contribution in [1.82, 2.24) is 5.32 Å². The normalized spacial score (nSPS) is 24.0. The van der Waals surface area contributed by atoms with Crippen LogP contribution in [0.1, 0.15) is 38.7 Å². The van der Waals surface area contributed by atoms with Crippen molar-refractivity contribution < 1.29 is 9.13 Å². The SMILES string of the molecule is CCCNC(Cc1cc(F)ccc1Br)C1(C)CCCO1. The first-order valence-electron chi connectivity index (χ1n) is 7.36. The standard InChI is InChI=1S/C16H23BrFNO/c1-3-8-19-15(16(2)7-4-9-20-16)11-12-10-13(18)5-6-14(12)17/h5-6,10,15,19H,3-4,7-9,11H2,1-2H3. The van der Waals surface area contributed by atoms with Crippen molar-refractivity contribution in [1.29, 1.82) is 0 Å². The first-order chi connectivity index (χ1) is 9.55. The molecule has 112 valence electrons. The maximum absolute atomic E-state index is 13.4. The predicted molar refractivity (Wildman–Crippen MR) is 83.5 cm³/mol. The van der Waals surface area contributed by atoms with Crippen LogP contribution in [0.4, 0.5) is 4.39 Å². The van der Waals surface area contributed by atoms with E-state index in [4.69, 9.17) is 4.74 Å². The monoisotopic (exact) mass is 343 g/mol. The second kappa shape index (κ2) is 7.01. The van der Waals surface area contributed by atoms with E-state index in [2.05, 4.69) is 35.1 Å². The van der Waals surface area contributed by atoms with Crippen LogP contribution < -0.4 is 5.32 Å². The number of rotatable bonds is 6. The lowest BCUT2D eigenvalue weighted by Crippen LogP contribution is -2.50. The summed E-state index contributed by atoms with van der Waals surface area (Å²) in [6.07, 6.45) is 4.01. The van der Waals surface area contributed by atoms with Crippen LogP contribution in [0.2, 0.25) is 0 Å².